The quantitative estimate of drug-likeness (QED) is 0.596. The largest absolute Gasteiger partial charge is 0.481 e. The fourth-order valence-corrected chi connectivity index (χ4v) is 3.80. The van der Waals surface area contributed by atoms with Gasteiger partial charge in [-0.15, -0.1) is 0 Å². The smallest absolute Gasteiger partial charge is 0.300 e. The zero-order valence-electron chi connectivity index (χ0n) is 16.2. The Balaban J connectivity index is 0.000000302. The van der Waals surface area contributed by atoms with Gasteiger partial charge in [0.15, 0.2) is 0 Å². The van der Waals surface area contributed by atoms with Crippen LogP contribution in [-0.2, 0) is 16.1 Å². The van der Waals surface area contributed by atoms with E-state index in [0.717, 1.165) is 52.1 Å². The molecule has 9 heteroatoms. The van der Waals surface area contributed by atoms with Gasteiger partial charge in [-0.3, -0.25) is 14.5 Å². The molecule has 4 heterocycles. The van der Waals surface area contributed by atoms with E-state index >= 15 is 0 Å². The first-order valence-corrected chi connectivity index (χ1v) is 9.11. The summed E-state index contributed by atoms with van der Waals surface area (Å²) in [6.45, 7) is 7.48. The minimum Gasteiger partial charge on any atom is -0.481 e. The van der Waals surface area contributed by atoms with Crippen molar-refractivity contribution in [1.82, 2.24) is 19.8 Å². The first-order chi connectivity index (χ1) is 13.3. The van der Waals surface area contributed by atoms with E-state index in [9.17, 15) is 5.11 Å². The number of nitrogens with zero attached hydrogens (tertiary/aromatic N) is 3. The topological polar surface area (TPSA) is 127 Å². The Bertz CT molecular complexity index is 788. The molecule has 0 spiro atoms. The van der Waals surface area contributed by atoms with Crippen molar-refractivity contribution in [1.29, 1.82) is 0 Å². The van der Waals surface area contributed by atoms with Gasteiger partial charge in [0.2, 0.25) is 0 Å². The van der Waals surface area contributed by atoms with Crippen LogP contribution in [0.4, 0.5) is 0 Å². The van der Waals surface area contributed by atoms with Gasteiger partial charge in [-0.25, -0.2) is 4.52 Å². The molecule has 0 amide bonds. The van der Waals surface area contributed by atoms with Crippen LogP contribution >= 0.6 is 0 Å². The molecule has 0 bridgehead atoms. The average molecular weight is 392 g/mol. The number of aliphatic hydroxyl groups excluding tert-OH is 1. The van der Waals surface area contributed by atoms with Crippen LogP contribution in [0.15, 0.2) is 30.6 Å². The first-order valence-electron chi connectivity index (χ1n) is 9.11. The summed E-state index contributed by atoms with van der Waals surface area (Å²) in [4.78, 5) is 20.5. The van der Waals surface area contributed by atoms with E-state index in [1.807, 2.05) is 23.0 Å². The second-order valence-corrected chi connectivity index (χ2v) is 7.29. The van der Waals surface area contributed by atoms with Gasteiger partial charge in [0.25, 0.3) is 11.9 Å². The molecule has 2 saturated heterocycles. The standard InChI is InChI=1S/C15H20N4O.2C2H4O2/c20-11-15-9-16-6-13(15)8-18(10-15)7-12-2-4-19-14(5-12)1-3-17-19;2*1-2(3)4/h1-5,13,16,20H,6-11H2;2*1H3,(H,3,4). The molecule has 0 radical (unpaired) electrons. The maximum atomic E-state index is 9.75. The number of fused-ring (bicyclic) bond motifs is 2. The van der Waals surface area contributed by atoms with E-state index < -0.39 is 11.9 Å². The zero-order valence-corrected chi connectivity index (χ0v) is 16.2. The molecule has 2 aliphatic rings. The normalized spacial score (nSPS) is 23.3. The Morgan fingerprint density at radius 3 is 2.57 bits per heavy atom. The summed E-state index contributed by atoms with van der Waals surface area (Å²) in [5, 5.41) is 32.2. The lowest BCUT2D eigenvalue weighted by Gasteiger charge is -2.25. The van der Waals surface area contributed by atoms with Crippen molar-refractivity contribution in [2.45, 2.75) is 20.4 Å². The van der Waals surface area contributed by atoms with Crippen LogP contribution in [0.1, 0.15) is 19.4 Å². The highest BCUT2D eigenvalue weighted by atomic mass is 16.4. The predicted molar refractivity (Wildman–Crippen MR) is 103 cm³/mol. The van der Waals surface area contributed by atoms with Gasteiger partial charge in [-0.05, 0) is 36.2 Å². The molecular formula is C19H28N4O5. The number of hydrogen-bond acceptors (Lipinski definition) is 6. The molecule has 28 heavy (non-hydrogen) atoms. The van der Waals surface area contributed by atoms with Gasteiger partial charge < -0.3 is 20.6 Å². The van der Waals surface area contributed by atoms with E-state index in [1.165, 1.54) is 5.56 Å². The lowest BCUT2D eigenvalue weighted by Crippen LogP contribution is -2.35. The number of pyridine rings is 1. The van der Waals surface area contributed by atoms with Crippen LogP contribution in [0, 0.1) is 11.3 Å². The van der Waals surface area contributed by atoms with Crippen LogP contribution < -0.4 is 5.32 Å². The second-order valence-electron chi connectivity index (χ2n) is 7.29. The lowest BCUT2D eigenvalue weighted by molar-refractivity contribution is -0.135. The molecule has 154 valence electrons. The van der Waals surface area contributed by atoms with E-state index in [1.54, 1.807) is 0 Å². The van der Waals surface area contributed by atoms with Crippen LogP contribution in [0.5, 0.6) is 0 Å². The molecule has 4 N–H and O–H groups in total. The van der Waals surface area contributed by atoms with Gasteiger partial charge >= 0.3 is 0 Å². The summed E-state index contributed by atoms with van der Waals surface area (Å²) in [7, 11) is 0. The number of carboxylic acids is 2. The number of hydrogen-bond donors (Lipinski definition) is 4. The Morgan fingerprint density at radius 1 is 1.29 bits per heavy atom. The number of nitrogens with one attached hydrogen (secondary N) is 1. The summed E-state index contributed by atoms with van der Waals surface area (Å²) >= 11 is 0. The molecule has 9 nitrogen and oxygen atoms in total. The first kappa shape index (κ1) is 21.8. The van der Waals surface area contributed by atoms with Gasteiger partial charge in [0, 0.05) is 57.8 Å². The summed E-state index contributed by atoms with van der Waals surface area (Å²) < 4.78 is 1.89. The number of carbonyl (C=O) groups is 2. The highest BCUT2D eigenvalue weighted by Gasteiger charge is 2.48. The van der Waals surface area contributed by atoms with E-state index in [4.69, 9.17) is 19.8 Å². The summed E-state index contributed by atoms with van der Waals surface area (Å²) in [6.07, 6.45) is 3.84. The number of carboxylic acid groups (broad SMARTS) is 2. The van der Waals surface area contributed by atoms with Gasteiger partial charge in [-0.2, -0.15) is 5.10 Å². The lowest BCUT2D eigenvalue weighted by atomic mass is 9.82. The average Bonchev–Trinajstić information content (AvgIpc) is 3.27. The molecule has 2 atom stereocenters. The maximum absolute atomic E-state index is 9.75. The monoisotopic (exact) mass is 392 g/mol. The molecule has 2 aliphatic heterocycles. The van der Waals surface area contributed by atoms with E-state index in [-0.39, 0.29) is 5.41 Å². The molecule has 2 aromatic rings. The fraction of sp³-hybridized carbons (Fsp3) is 0.526. The minimum absolute atomic E-state index is 0.0840. The number of likely N-dealkylation sites (tertiary alicyclic amines) is 1. The predicted octanol–water partition coefficient (Wildman–Crippen LogP) is 0.530. The number of rotatable bonds is 3. The Hall–Kier alpha value is -2.49. The van der Waals surface area contributed by atoms with Crippen molar-refractivity contribution in [3.63, 3.8) is 0 Å². The van der Waals surface area contributed by atoms with E-state index in [0.29, 0.717) is 12.5 Å². The highest BCUT2D eigenvalue weighted by Crippen LogP contribution is 2.38. The van der Waals surface area contributed by atoms with Crippen molar-refractivity contribution < 1.29 is 24.9 Å². The number of aromatic nitrogens is 2. The second kappa shape index (κ2) is 9.63. The third-order valence-corrected chi connectivity index (χ3v) is 4.94. The molecule has 2 aromatic heterocycles. The van der Waals surface area contributed by atoms with Crippen LogP contribution in [0.25, 0.3) is 5.52 Å². The highest BCUT2D eigenvalue weighted by molar-refractivity contribution is 5.63. The summed E-state index contributed by atoms with van der Waals surface area (Å²) in [6, 6.07) is 6.37. The molecule has 2 fully saturated rings. The Morgan fingerprint density at radius 2 is 1.96 bits per heavy atom. The van der Waals surface area contributed by atoms with Crippen molar-refractivity contribution in [2.75, 3.05) is 32.8 Å². The Kier molecular flexibility index (Phi) is 7.50. The number of aliphatic hydroxyl groups is 1. The van der Waals surface area contributed by atoms with Crippen LogP contribution in [-0.4, -0.2) is 74.6 Å². The van der Waals surface area contributed by atoms with Crippen molar-refractivity contribution in [3.05, 3.63) is 36.2 Å². The van der Waals surface area contributed by atoms with Gasteiger partial charge in [0.1, 0.15) is 0 Å². The van der Waals surface area contributed by atoms with Crippen molar-refractivity contribution in [2.24, 2.45) is 11.3 Å². The Labute approximate surface area is 163 Å². The number of aliphatic carboxylic acids is 2. The third-order valence-electron chi connectivity index (χ3n) is 4.94. The van der Waals surface area contributed by atoms with Gasteiger partial charge in [-0.1, -0.05) is 0 Å². The molecule has 0 aromatic carbocycles. The summed E-state index contributed by atoms with van der Waals surface area (Å²) in [5.41, 5.74) is 2.54. The third kappa shape index (κ3) is 5.75. The maximum Gasteiger partial charge on any atom is 0.300 e. The van der Waals surface area contributed by atoms with E-state index in [2.05, 4.69) is 27.4 Å². The van der Waals surface area contributed by atoms with Crippen LogP contribution in [0.2, 0.25) is 0 Å². The SMILES string of the molecule is CC(=O)O.CC(=O)O.OCC12CNCC1CN(Cc1ccn3nccc3c1)C2. The molecule has 0 aliphatic carbocycles. The van der Waals surface area contributed by atoms with Crippen molar-refractivity contribution in [3.8, 4) is 0 Å². The summed E-state index contributed by atoms with van der Waals surface area (Å²) in [5.74, 6) is -1.08. The minimum atomic E-state index is -0.833. The molecule has 4 rings (SSSR count). The van der Waals surface area contributed by atoms with Gasteiger partial charge in [0.05, 0.1) is 12.1 Å². The van der Waals surface area contributed by atoms with Crippen molar-refractivity contribution >= 4 is 17.5 Å². The fourth-order valence-electron chi connectivity index (χ4n) is 3.80. The molecule has 2 unspecified atom stereocenters. The molecule has 0 saturated carbocycles. The zero-order chi connectivity index (χ0) is 20.7. The van der Waals surface area contributed by atoms with Crippen LogP contribution in [0.3, 0.4) is 0 Å². The molecular weight excluding hydrogens is 364 g/mol.